The lowest BCUT2D eigenvalue weighted by Gasteiger charge is -2.15. The Kier molecular flexibility index (Phi) is 3.89. The largest absolute Gasteiger partial charge is 0.491 e. The van der Waals surface area contributed by atoms with Crippen LogP contribution >= 0.6 is 0 Å². The Hall–Kier alpha value is -1.26. The molecule has 1 heterocycles. The number of epoxide rings is 1. The molecule has 0 radical (unpaired) electrons. The van der Waals surface area contributed by atoms with E-state index in [0.29, 0.717) is 19.1 Å². The van der Waals surface area contributed by atoms with Crippen LogP contribution in [0.3, 0.4) is 0 Å². The first-order valence-electron chi connectivity index (χ1n) is 6.85. The molecule has 2 unspecified atom stereocenters. The van der Waals surface area contributed by atoms with Gasteiger partial charge in [-0.15, -0.1) is 0 Å². The van der Waals surface area contributed by atoms with E-state index in [2.05, 4.69) is 0 Å². The van der Waals surface area contributed by atoms with E-state index in [1.54, 1.807) is 7.11 Å². The van der Waals surface area contributed by atoms with Crippen molar-refractivity contribution in [1.29, 1.82) is 0 Å². The Morgan fingerprint density at radius 3 is 2.32 bits per heavy atom. The van der Waals surface area contributed by atoms with Crippen LogP contribution in [0.1, 0.15) is 12.8 Å². The summed E-state index contributed by atoms with van der Waals surface area (Å²) in [4.78, 5) is 0. The maximum Gasteiger partial charge on any atom is 0.119 e. The number of rotatable bonds is 8. The van der Waals surface area contributed by atoms with Gasteiger partial charge in [0, 0.05) is 7.11 Å². The van der Waals surface area contributed by atoms with Gasteiger partial charge in [-0.25, -0.2) is 0 Å². The highest BCUT2D eigenvalue weighted by atomic mass is 16.6. The first-order chi connectivity index (χ1) is 9.35. The molecule has 2 aliphatic rings. The minimum absolute atomic E-state index is 0.225. The Balaban J connectivity index is 1.44. The third-order valence-electron chi connectivity index (χ3n) is 3.53. The maximum absolute atomic E-state index is 5.75. The highest BCUT2D eigenvalue weighted by Gasteiger charge is 2.31. The van der Waals surface area contributed by atoms with Gasteiger partial charge in [0.05, 0.1) is 12.7 Å². The van der Waals surface area contributed by atoms with Crippen molar-refractivity contribution in [3.63, 3.8) is 0 Å². The second kappa shape index (κ2) is 5.80. The van der Waals surface area contributed by atoms with Gasteiger partial charge in [0.25, 0.3) is 0 Å². The fraction of sp³-hybridized carbons (Fsp3) is 0.600. The van der Waals surface area contributed by atoms with E-state index in [-0.39, 0.29) is 12.2 Å². The summed E-state index contributed by atoms with van der Waals surface area (Å²) in [5.41, 5.74) is 0. The number of hydrogen-bond acceptors (Lipinski definition) is 4. The van der Waals surface area contributed by atoms with Crippen LogP contribution in [-0.4, -0.2) is 39.1 Å². The summed E-state index contributed by atoms with van der Waals surface area (Å²) in [5.74, 6) is 2.40. The van der Waals surface area contributed by atoms with E-state index < -0.39 is 0 Å². The summed E-state index contributed by atoms with van der Waals surface area (Å²) in [7, 11) is 1.75. The Morgan fingerprint density at radius 2 is 1.79 bits per heavy atom. The molecular weight excluding hydrogens is 244 g/mol. The fourth-order valence-corrected chi connectivity index (χ4v) is 2.03. The summed E-state index contributed by atoms with van der Waals surface area (Å²) in [5, 5.41) is 0. The molecule has 104 valence electrons. The summed E-state index contributed by atoms with van der Waals surface area (Å²) >= 11 is 0. The molecule has 0 bridgehead atoms. The number of methoxy groups -OCH3 is 1. The molecule has 2 fully saturated rings. The van der Waals surface area contributed by atoms with Gasteiger partial charge in [-0.2, -0.15) is 0 Å². The average Bonchev–Trinajstić information content (AvgIpc) is 3.31. The molecule has 2 atom stereocenters. The van der Waals surface area contributed by atoms with Gasteiger partial charge >= 0.3 is 0 Å². The maximum atomic E-state index is 5.75. The lowest BCUT2D eigenvalue weighted by Crippen LogP contribution is -2.22. The van der Waals surface area contributed by atoms with Crippen LogP contribution in [-0.2, 0) is 9.47 Å². The quantitative estimate of drug-likeness (QED) is 0.675. The van der Waals surface area contributed by atoms with Crippen LogP contribution < -0.4 is 9.47 Å². The van der Waals surface area contributed by atoms with Gasteiger partial charge in [0.15, 0.2) is 0 Å². The number of ether oxygens (including phenoxy) is 4. The van der Waals surface area contributed by atoms with Crippen molar-refractivity contribution in [3.8, 4) is 11.5 Å². The van der Waals surface area contributed by atoms with Crippen LogP contribution in [0.5, 0.6) is 11.5 Å². The van der Waals surface area contributed by atoms with E-state index in [4.69, 9.17) is 18.9 Å². The van der Waals surface area contributed by atoms with Crippen molar-refractivity contribution in [2.24, 2.45) is 5.92 Å². The predicted octanol–water partition coefficient (Wildman–Crippen LogP) is 2.27. The van der Waals surface area contributed by atoms with Crippen LogP contribution in [0, 0.1) is 5.92 Å². The van der Waals surface area contributed by atoms with Crippen LogP contribution in [0.25, 0.3) is 0 Å². The highest BCUT2D eigenvalue weighted by Crippen LogP contribution is 2.34. The molecule has 1 saturated heterocycles. The number of hydrogen-bond donors (Lipinski definition) is 0. The zero-order chi connectivity index (χ0) is 13.1. The van der Waals surface area contributed by atoms with Crippen LogP contribution in [0.2, 0.25) is 0 Å². The highest BCUT2D eigenvalue weighted by molar-refractivity contribution is 5.31. The summed E-state index contributed by atoms with van der Waals surface area (Å²) < 4.78 is 21.8. The second-order valence-electron chi connectivity index (χ2n) is 5.16. The van der Waals surface area contributed by atoms with E-state index in [0.717, 1.165) is 18.1 Å². The molecular formula is C15H20O4. The molecule has 4 nitrogen and oxygen atoms in total. The Bertz CT molecular complexity index is 395. The zero-order valence-corrected chi connectivity index (χ0v) is 11.2. The van der Waals surface area contributed by atoms with Crippen molar-refractivity contribution >= 4 is 0 Å². The predicted molar refractivity (Wildman–Crippen MR) is 70.7 cm³/mol. The molecule has 1 aliphatic carbocycles. The second-order valence-corrected chi connectivity index (χ2v) is 5.16. The Morgan fingerprint density at radius 1 is 1.16 bits per heavy atom. The van der Waals surface area contributed by atoms with Crippen molar-refractivity contribution in [2.45, 2.75) is 25.0 Å². The van der Waals surface area contributed by atoms with Gasteiger partial charge in [0.1, 0.15) is 30.8 Å². The van der Waals surface area contributed by atoms with E-state index in [1.165, 1.54) is 12.8 Å². The molecule has 4 heteroatoms. The smallest absolute Gasteiger partial charge is 0.119 e. The summed E-state index contributed by atoms with van der Waals surface area (Å²) in [6.07, 6.45) is 3.04. The van der Waals surface area contributed by atoms with Crippen molar-refractivity contribution in [1.82, 2.24) is 0 Å². The van der Waals surface area contributed by atoms with Gasteiger partial charge in [-0.3, -0.25) is 0 Å². The summed E-state index contributed by atoms with van der Waals surface area (Å²) in [6, 6.07) is 7.72. The molecule has 3 rings (SSSR count). The molecule has 19 heavy (non-hydrogen) atoms. The lowest BCUT2D eigenvalue weighted by molar-refractivity contribution is 0.0425. The third kappa shape index (κ3) is 3.85. The van der Waals surface area contributed by atoms with E-state index >= 15 is 0 Å². The standard InChI is InChI=1S/C15H20O4/c1-16-15(11-2-3-11)10-19-13-6-4-12(5-7-13)17-8-14-9-18-14/h4-7,11,14-15H,2-3,8-10H2,1H3. The topological polar surface area (TPSA) is 40.2 Å². The first kappa shape index (κ1) is 12.8. The van der Waals surface area contributed by atoms with Crippen molar-refractivity contribution < 1.29 is 18.9 Å². The molecule has 1 aromatic rings. The summed E-state index contributed by atoms with van der Waals surface area (Å²) in [6.45, 7) is 2.08. The van der Waals surface area contributed by atoms with Gasteiger partial charge in [0.2, 0.25) is 0 Å². The third-order valence-corrected chi connectivity index (χ3v) is 3.53. The average molecular weight is 264 g/mol. The zero-order valence-electron chi connectivity index (χ0n) is 11.2. The van der Waals surface area contributed by atoms with E-state index in [9.17, 15) is 0 Å². The van der Waals surface area contributed by atoms with Gasteiger partial charge in [-0.1, -0.05) is 0 Å². The Labute approximate surface area is 113 Å². The van der Waals surface area contributed by atoms with Crippen LogP contribution in [0.15, 0.2) is 24.3 Å². The monoisotopic (exact) mass is 264 g/mol. The van der Waals surface area contributed by atoms with Crippen molar-refractivity contribution in [3.05, 3.63) is 24.3 Å². The fourth-order valence-electron chi connectivity index (χ4n) is 2.03. The molecule has 0 aromatic heterocycles. The molecule has 1 aromatic carbocycles. The molecule has 0 spiro atoms. The molecule has 1 saturated carbocycles. The minimum atomic E-state index is 0.225. The van der Waals surface area contributed by atoms with Gasteiger partial charge < -0.3 is 18.9 Å². The van der Waals surface area contributed by atoms with Crippen LogP contribution in [0.4, 0.5) is 0 Å². The van der Waals surface area contributed by atoms with Crippen molar-refractivity contribution in [2.75, 3.05) is 26.9 Å². The molecule has 1 aliphatic heterocycles. The molecule has 0 amide bonds. The number of benzene rings is 1. The molecule has 0 N–H and O–H groups in total. The van der Waals surface area contributed by atoms with E-state index in [1.807, 2.05) is 24.3 Å². The van der Waals surface area contributed by atoms with Gasteiger partial charge in [-0.05, 0) is 43.0 Å². The normalized spacial score (nSPS) is 22.9. The first-order valence-corrected chi connectivity index (χ1v) is 6.85. The minimum Gasteiger partial charge on any atom is -0.491 e. The lowest BCUT2D eigenvalue weighted by atomic mass is 10.2. The SMILES string of the molecule is COC(COc1ccc(OCC2CO2)cc1)C1CC1.